The molecule has 1 saturated carbocycles. The van der Waals surface area contributed by atoms with Crippen LogP contribution >= 0.6 is 11.6 Å². The van der Waals surface area contributed by atoms with Crippen molar-refractivity contribution in [3.05, 3.63) is 28.8 Å². The second-order valence-electron chi connectivity index (χ2n) is 5.50. The van der Waals surface area contributed by atoms with Crippen LogP contribution in [-0.2, 0) is 0 Å². The van der Waals surface area contributed by atoms with E-state index in [1.165, 1.54) is 56.2 Å². The van der Waals surface area contributed by atoms with Gasteiger partial charge in [0, 0.05) is 17.3 Å². The van der Waals surface area contributed by atoms with E-state index in [1.807, 2.05) is 12.1 Å². The Labute approximate surface area is 116 Å². The number of hydrogen-bond acceptors (Lipinski definition) is 1. The molecular weight excluding hydrogens is 242 g/mol. The molecule has 0 aromatic heterocycles. The molecule has 1 aliphatic carbocycles. The van der Waals surface area contributed by atoms with Crippen molar-refractivity contribution in [2.45, 2.75) is 51.9 Å². The molecule has 2 heteroatoms. The van der Waals surface area contributed by atoms with Gasteiger partial charge in [-0.1, -0.05) is 49.8 Å². The molecule has 1 nitrogen and oxygen atoms in total. The van der Waals surface area contributed by atoms with Crippen molar-refractivity contribution in [3.8, 4) is 0 Å². The minimum atomic E-state index is 0.837. The van der Waals surface area contributed by atoms with Crippen molar-refractivity contribution < 1.29 is 0 Å². The van der Waals surface area contributed by atoms with Crippen molar-refractivity contribution in [2.75, 3.05) is 11.9 Å². The highest BCUT2D eigenvalue weighted by Gasteiger charge is 2.11. The Morgan fingerprint density at radius 2 is 1.78 bits per heavy atom. The van der Waals surface area contributed by atoms with Crippen molar-refractivity contribution in [1.29, 1.82) is 0 Å². The molecule has 2 rings (SSSR count). The molecule has 0 amide bonds. The normalized spacial score (nSPS) is 18.1. The van der Waals surface area contributed by atoms with Gasteiger partial charge >= 0.3 is 0 Å². The fraction of sp³-hybridized carbons (Fsp3) is 0.625. The average molecular weight is 266 g/mol. The van der Waals surface area contributed by atoms with Gasteiger partial charge in [-0.2, -0.15) is 0 Å². The van der Waals surface area contributed by atoms with E-state index >= 15 is 0 Å². The Kier molecular flexibility index (Phi) is 5.37. The zero-order valence-corrected chi connectivity index (χ0v) is 12.1. The maximum atomic E-state index is 6.14. The molecule has 18 heavy (non-hydrogen) atoms. The van der Waals surface area contributed by atoms with Crippen LogP contribution in [0.5, 0.6) is 0 Å². The summed E-state index contributed by atoms with van der Waals surface area (Å²) in [6.07, 6.45) is 9.86. The van der Waals surface area contributed by atoms with E-state index in [1.54, 1.807) is 0 Å². The fourth-order valence-corrected chi connectivity index (χ4v) is 2.97. The predicted octanol–water partition coefficient (Wildman–Crippen LogP) is 5.42. The maximum Gasteiger partial charge on any atom is 0.0455 e. The van der Waals surface area contributed by atoms with Crippen LogP contribution in [0, 0.1) is 12.8 Å². The predicted molar refractivity (Wildman–Crippen MR) is 80.5 cm³/mol. The summed E-state index contributed by atoms with van der Waals surface area (Å²) in [6.45, 7) is 3.18. The molecule has 1 fully saturated rings. The van der Waals surface area contributed by atoms with Gasteiger partial charge in [0.1, 0.15) is 0 Å². The topological polar surface area (TPSA) is 12.0 Å². The highest BCUT2D eigenvalue weighted by Crippen LogP contribution is 2.26. The van der Waals surface area contributed by atoms with E-state index in [9.17, 15) is 0 Å². The zero-order chi connectivity index (χ0) is 12.8. The molecular formula is C16H24ClN. The Bertz CT molecular complexity index is 367. The molecule has 0 saturated heterocycles. The van der Waals surface area contributed by atoms with E-state index in [-0.39, 0.29) is 0 Å². The SMILES string of the molecule is Cc1c(Cl)cccc1NCC1CCCCCCC1. The van der Waals surface area contributed by atoms with Gasteiger partial charge in [-0.25, -0.2) is 0 Å². The first kappa shape index (κ1) is 13.7. The standard InChI is InChI=1S/C16H24ClN/c1-13-15(17)10-7-11-16(13)18-12-14-8-5-3-2-4-6-9-14/h7,10-11,14,18H,2-6,8-9,12H2,1H3. The highest BCUT2D eigenvalue weighted by molar-refractivity contribution is 6.31. The van der Waals surface area contributed by atoms with Crippen LogP contribution < -0.4 is 5.32 Å². The summed E-state index contributed by atoms with van der Waals surface area (Å²) < 4.78 is 0. The van der Waals surface area contributed by atoms with Gasteiger partial charge in [0.15, 0.2) is 0 Å². The monoisotopic (exact) mass is 265 g/mol. The smallest absolute Gasteiger partial charge is 0.0455 e. The van der Waals surface area contributed by atoms with Gasteiger partial charge in [-0.3, -0.25) is 0 Å². The molecule has 1 aromatic rings. The van der Waals surface area contributed by atoms with E-state index in [0.29, 0.717) is 0 Å². The van der Waals surface area contributed by atoms with Gasteiger partial charge < -0.3 is 5.32 Å². The largest absolute Gasteiger partial charge is 0.385 e. The van der Waals surface area contributed by atoms with Gasteiger partial charge in [-0.15, -0.1) is 0 Å². The van der Waals surface area contributed by atoms with Gasteiger partial charge in [0.25, 0.3) is 0 Å². The molecule has 1 aliphatic rings. The molecule has 100 valence electrons. The van der Waals surface area contributed by atoms with Crippen molar-refractivity contribution in [3.63, 3.8) is 0 Å². The molecule has 1 aromatic carbocycles. The Morgan fingerprint density at radius 1 is 1.11 bits per heavy atom. The lowest BCUT2D eigenvalue weighted by molar-refractivity contribution is 0.392. The van der Waals surface area contributed by atoms with Crippen LogP contribution in [0.3, 0.4) is 0 Å². The Hall–Kier alpha value is -0.690. The molecule has 1 N–H and O–H groups in total. The second-order valence-corrected chi connectivity index (χ2v) is 5.91. The van der Waals surface area contributed by atoms with Crippen molar-refractivity contribution in [2.24, 2.45) is 5.92 Å². The van der Waals surface area contributed by atoms with Crippen LogP contribution in [0.1, 0.15) is 50.5 Å². The number of benzene rings is 1. The average Bonchev–Trinajstić information content (AvgIpc) is 2.32. The quantitative estimate of drug-likeness (QED) is 0.769. The maximum absolute atomic E-state index is 6.14. The van der Waals surface area contributed by atoms with E-state index in [2.05, 4.69) is 18.3 Å². The molecule has 0 radical (unpaired) electrons. The van der Waals surface area contributed by atoms with E-state index in [4.69, 9.17) is 11.6 Å². The number of rotatable bonds is 3. The fourth-order valence-electron chi connectivity index (χ4n) is 2.80. The van der Waals surface area contributed by atoms with Crippen LogP contribution in [-0.4, -0.2) is 6.54 Å². The third-order valence-electron chi connectivity index (χ3n) is 4.07. The lowest BCUT2D eigenvalue weighted by Crippen LogP contribution is -2.16. The summed E-state index contributed by atoms with van der Waals surface area (Å²) in [5.41, 5.74) is 2.37. The first-order valence-electron chi connectivity index (χ1n) is 7.26. The molecule has 0 atom stereocenters. The summed E-state index contributed by atoms with van der Waals surface area (Å²) >= 11 is 6.14. The van der Waals surface area contributed by atoms with Crippen LogP contribution in [0.25, 0.3) is 0 Å². The Balaban J connectivity index is 1.87. The number of nitrogens with one attached hydrogen (secondary N) is 1. The third-order valence-corrected chi connectivity index (χ3v) is 4.48. The van der Waals surface area contributed by atoms with Crippen molar-refractivity contribution >= 4 is 17.3 Å². The van der Waals surface area contributed by atoms with Crippen LogP contribution in [0.2, 0.25) is 5.02 Å². The van der Waals surface area contributed by atoms with Crippen LogP contribution in [0.15, 0.2) is 18.2 Å². The van der Waals surface area contributed by atoms with Crippen molar-refractivity contribution in [1.82, 2.24) is 0 Å². The highest BCUT2D eigenvalue weighted by atomic mass is 35.5. The summed E-state index contributed by atoms with van der Waals surface area (Å²) in [6, 6.07) is 6.11. The first-order valence-corrected chi connectivity index (χ1v) is 7.64. The summed E-state index contributed by atoms with van der Waals surface area (Å²) in [4.78, 5) is 0. The number of hydrogen-bond donors (Lipinski definition) is 1. The lowest BCUT2D eigenvalue weighted by Gasteiger charge is -2.21. The van der Waals surface area contributed by atoms with Crippen LogP contribution in [0.4, 0.5) is 5.69 Å². The first-order chi connectivity index (χ1) is 8.77. The summed E-state index contributed by atoms with van der Waals surface area (Å²) in [5.74, 6) is 0.837. The molecule has 0 bridgehead atoms. The van der Waals surface area contributed by atoms with Gasteiger partial charge in [0.2, 0.25) is 0 Å². The molecule has 0 spiro atoms. The molecule has 0 heterocycles. The lowest BCUT2D eigenvalue weighted by atomic mass is 9.91. The number of anilines is 1. The molecule has 0 unspecified atom stereocenters. The Morgan fingerprint density at radius 3 is 2.50 bits per heavy atom. The summed E-state index contributed by atoms with van der Waals surface area (Å²) in [5, 5.41) is 4.45. The van der Waals surface area contributed by atoms with E-state index in [0.717, 1.165) is 17.5 Å². The zero-order valence-electron chi connectivity index (χ0n) is 11.3. The minimum Gasteiger partial charge on any atom is -0.385 e. The van der Waals surface area contributed by atoms with E-state index < -0.39 is 0 Å². The third kappa shape index (κ3) is 3.91. The van der Waals surface area contributed by atoms with Gasteiger partial charge in [0.05, 0.1) is 0 Å². The second kappa shape index (κ2) is 7.04. The summed E-state index contributed by atoms with van der Waals surface area (Å²) in [7, 11) is 0. The number of halogens is 1. The molecule has 0 aliphatic heterocycles. The van der Waals surface area contributed by atoms with Gasteiger partial charge in [-0.05, 0) is 43.4 Å². The minimum absolute atomic E-state index is 0.837.